The summed E-state index contributed by atoms with van der Waals surface area (Å²) < 4.78 is 0. The number of anilines is 1. The zero-order chi connectivity index (χ0) is 16.4. The summed E-state index contributed by atoms with van der Waals surface area (Å²) in [4.78, 5) is 28.1. The maximum Gasteiger partial charge on any atom is 0.244 e. The van der Waals surface area contributed by atoms with E-state index in [4.69, 9.17) is 0 Å². The molecule has 2 unspecified atom stereocenters. The summed E-state index contributed by atoms with van der Waals surface area (Å²) in [7, 11) is 1.78. The van der Waals surface area contributed by atoms with Crippen molar-refractivity contribution >= 4 is 17.5 Å². The van der Waals surface area contributed by atoms with E-state index in [1.54, 1.807) is 11.9 Å². The third-order valence-corrected chi connectivity index (χ3v) is 5.01. The fourth-order valence-corrected chi connectivity index (χ4v) is 3.55. The molecule has 2 aliphatic heterocycles. The second-order valence-electron chi connectivity index (χ2n) is 6.63. The van der Waals surface area contributed by atoms with Crippen LogP contribution in [-0.4, -0.2) is 48.9 Å². The van der Waals surface area contributed by atoms with Gasteiger partial charge in [-0.05, 0) is 37.8 Å². The van der Waals surface area contributed by atoms with Crippen LogP contribution >= 0.6 is 0 Å². The van der Waals surface area contributed by atoms with Gasteiger partial charge in [0.1, 0.15) is 6.04 Å². The molecular formula is C18H25N3O2. The molecule has 0 bridgehead atoms. The number of nitrogens with one attached hydrogen (secondary N) is 1. The van der Waals surface area contributed by atoms with E-state index in [0.29, 0.717) is 25.4 Å². The molecule has 124 valence electrons. The fourth-order valence-electron chi connectivity index (χ4n) is 3.55. The Morgan fingerprint density at radius 3 is 2.83 bits per heavy atom. The minimum absolute atomic E-state index is 0.0232. The van der Waals surface area contributed by atoms with Gasteiger partial charge in [0, 0.05) is 38.3 Å². The Hall–Kier alpha value is -2.04. The smallest absolute Gasteiger partial charge is 0.244 e. The Morgan fingerprint density at radius 2 is 2.09 bits per heavy atom. The van der Waals surface area contributed by atoms with Gasteiger partial charge >= 0.3 is 0 Å². The lowest BCUT2D eigenvalue weighted by molar-refractivity contribution is -0.131. The molecule has 0 aromatic heterocycles. The molecule has 1 aromatic rings. The molecule has 2 atom stereocenters. The van der Waals surface area contributed by atoms with Crippen molar-refractivity contribution in [2.24, 2.45) is 0 Å². The number of para-hydroxylation sites is 1. The molecule has 2 amide bonds. The highest BCUT2D eigenvalue weighted by Crippen LogP contribution is 2.30. The molecule has 0 spiro atoms. The van der Waals surface area contributed by atoms with Crippen LogP contribution in [0.2, 0.25) is 0 Å². The van der Waals surface area contributed by atoms with Gasteiger partial charge in [0.2, 0.25) is 11.8 Å². The number of benzene rings is 1. The van der Waals surface area contributed by atoms with Crippen LogP contribution in [0.3, 0.4) is 0 Å². The topological polar surface area (TPSA) is 52.7 Å². The Labute approximate surface area is 137 Å². The van der Waals surface area contributed by atoms with Crippen LogP contribution in [-0.2, 0) is 16.0 Å². The van der Waals surface area contributed by atoms with Crippen LogP contribution in [0.15, 0.2) is 24.3 Å². The molecule has 0 aliphatic carbocycles. The number of nitrogens with zero attached hydrogens (tertiary/aromatic N) is 2. The number of carbonyl (C=O) groups excluding carboxylic acids is 2. The molecule has 5 nitrogen and oxygen atoms in total. The molecule has 0 saturated carbocycles. The third-order valence-electron chi connectivity index (χ3n) is 5.01. The van der Waals surface area contributed by atoms with E-state index in [0.717, 1.165) is 19.4 Å². The Balaban J connectivity index is 1.58. The summed E-state index contributed by atoms with van der Waals surface area (Å²) in [6.45, 7) is 3.63. The zero-order valence-corrected chi connectivity index (χ0v) is 13.9. The molecule has 2 aliphatic rings. The third kappa shape index (κ3) is 3.33. The average molecular weight is 315 g/mol. The van der Waals surface area contributed by atoms with Crippen molar-refractivity contribution in [2.75, 3.05) is 25.0 Å². The van der Waals surface area contributed by atoms with Crippen molar-refractivity contribution in [1.29, 1.82) is 0 Å². The van der Waals surface area contributed by atoms with Gasteiger partial charge in [-0.25, -0.2) is 0 Å². The number of likely N-dealkylation sites (tertiary alicyclic amines) is 1. The number of likely N-dealkylation sites (N-methyl/N-ethyl adjacent to an activating group) is 1. The van der Waals surface area contributed by atoms with Gasteiger partial charge in [0.15, 0.2) is 0 Å². The van der Waals surface area contributed by atoms with Crippen molar-refractivity contribution in [2.45, 2.75) is 44.7 Å². The monoisotopic (exact) mass is 315 g/mol. The molecule has 23 heavy (non-hydrogen) atoms. The van der Waals surface area contributed by atoms with E-state index >= 15 is 0 Å². The van der Waals surface area contributed by atoms with E-state index in [-0.39, 0.29) is 17.9 Å². The number of carbonyl (C=O) groups is 2. The molecule has 1 saturated heterocycles. The van der Waals surface area contributed by atoms with Gasteiger partial charge in [-0.1, -0.05) is 18.2 Å². The normalized spacial score (nSPS) is 23.8. The summed E-state index contributed by atoms with van der Waals surface area (Å²) in [5, 5.41) is 2.88. The molecule has 2 heterocycles. The molecule has 1 aromatic carbocycles. The number of rotatable bonds is 4. The van der Waals surface area contributed by atoms with Gasteiger partial charge in [-0.3, -0.25) is 9.59 Å². The lowest BCUT2D eigenvalue weighted by Crippen LogP contribution is -2.43. The first-order valence-electron chi connectivity index (χ1n) is 8.45. The van der Waals surface area contributed by atoms with Crippen LogP contribution < -0.4 is 10.2 Å². The van der Waals surface area contributed by atoms with Crippen molar-refractivity contribution in [3.05, 3.63) is 29.8 Å². The van der Waals surface area contributed by atoms with Gasteiger partial charge in [-0.2, -0.15) is 0 Å². The summed E-state index contributed by atoms with van der Waals surface area (Å²) in [5.41, 5.74) is 2.61. The summed E-state index contributed by atoms with van der Waals surface area (Å²) in [6.07, 6.45) is 3.35. The van der Waals surface area contributed by atoms with Crippen molar-refractivity contribution in [1.82, 2.24) is 10.2 Å². The van der Waals surface area contributed by atoms with Gasteiger partial charge in [0.05, 0.1) is 0 Å². The summed E-state index contributed by atoms with van der Waals surface area (Å²) >= 11 is 0. The lowest BCUT2D eigenvalue weighted by Gasteiger charge is -2.37. The first-order chi connectivity index (χ1) is 11.1. The van der Waals surface area contributed by atoms with Gasteiger partial charge < -0.3 is 15.1 Å². The Bertz CT molecular complexity index is 602. The summed E-state index contributed by atoms with van der Waals surface area (Å²) in [6, 6.07) is 8.54. The summed E-state index contributed by atoms with van der Waals surface area (Å²) in [5.74, 6) is -0.0102. The minimum atomic E-state index is -0.335. The SMILES string of the molecule is CC1CCc2ccccc2N1CCC(=O)NC1CCN(C)C1=O. The standard InChI is InChI=1S/C18H25N3O2/c1-13-7-8-14-5-3-4-6-16(14)21(13)12-10-17(22)19-15-9-11-20(2)18(15)23/h3-6,13,15H,7-12H2,1-2H3,(H,19,22). The molecule has 0 radical (unpaired) electrons. The first-order valence-corrected chi connectivity index (χ1v) is 8.45. The Kier molecular flexibility index (Phi) is 4.55. The highest BCUT2D eigenvalue weighted by Gasteiger charge is 2.30. The van der Waals surface area contributed by atoms with Crippen molar-refractivity contribution < 1.29 is 9.59 Å². The number of amides is 2. The van der Waals surface area contributed by atoms with E-state index < -0.39 is 0 Å². The number of fused-ring (bicyclic) bond motifs is 1. The van der Waals surface area contributed by atoms with Crippen LogP contribution in [0, 0.1) is 0 Å². The number of hydrogen-bond donors (Lipinski definition) is 1. The van der Waals surface area contributed by atoms with Gasteiger partial charge in [-0.15, -0.1) is 0 Å². The van der Waals surface area contributed by atoms with Crippen LogP contribution in [0.25, 0.3) is 0 Å². The average Bonchev–Trinajstić information content (AvgIpc) is 2.86. The van der Waals surface area contributed by atoms with E-state index in [1.165, 1.54) is 11.3 Å². The first kappa shape index (κ1) is 15.8. The molecule has 1 N–H and O–H groups in total. The maximum absolute atomic E-state index is 12.2. The largest absolute Gasteiger partial charge is 0.368 e. The minimum Gasteiger partial charge on any atom is -0.368 e. The second-order valence-corrected chi connectivity index (χ2v) is 6.63. The highest BCUT2D eigenvalue weighted by atomic mass is 16.2. The molecule has 3 rings (SSSR count). The molecular weight excluding hydrogens is 290 g/mol. The quantitative estimate of drug-likeness (QED) is 0.917. The van der Waals surface area contributed by atoms with E-state index in [9.17, 15) is 9.59 Å². The maximum atomic E-state index is 12.2. The second kappa shape index (κ2) is 6.60. The zero-order valence-electron chi connectivity index (χ0n) is 13.9. The predicted molar refractivity (Wildman–Crippen MR) is 90.4 cm³/mol. The molecule has 5 heteroatoms. The number of aryl methyl sites for hydroxylation is 1. The van der Waals surface area contributed by atoms with Crippen molar-refractivity contribution in [3.63, 3.8) is 0 Å². The fraction of sp³-hybridized carbons (Fsp3) is 0.556. The van der Waals surface area contributed by atoms with Crippen molar-refractivity contribution in [3.8, 4) is 0 Å². The van der Waals surface area contributed by atoms with Crippen LogP contribution in [0.5, 0.6) is 0 Å². The Morgan fingerprint density at radius 1 is 1.30 bits per heavy atom. The van der Waals surface area contributed by atoms with E-state index in [2.05, 4.69) is 41.4 Å². The van der Waals surface area contributed by atoms with Crippen LogP contribution in [0.4, 0.5) is 5.69 Å². The predicted octanol–water partition coefficient (Wildman–Crippen LogP) is 1.56. The van der Waals surface area contributed by atoms with Gasteiger partial charge in [0.25, 0.3) is 0 Å². The molecule has 1 fully saturated rings. The highest BCUT2D eigenvalue weighted by molar-refractivity contribution is 5.89. The van der Waals surface area contributed by atoms with E-state index in [1.807, 2.05) is 0 Å². The lowest BCUT2D eigenvalue weighted by atomic mass is 9.96. The number of hydrogen-bond acceptors (Lipinski definition) is 3. The van der Waals surface area contributed by atoms with Crippen LogP contribution in [0.1, 0.15) is 31.7 Å².